The second-order valence-corrected chi connectivity index (χ2v) is 7.53. The molecule has 0 spiro atoms. The first-order valence-electron chi connectivity index (χ1n) is 10.5. The van der Waals surface area contributed by atoms with Gasteiger partial charge in [0.2, 0.25) is 0 Å². The molecule has 0 bridgehead atoms. The molecular formula is C25H32N2O6. The molecule has 0 fully saturated rings. The minimum Gasteiger partial charge on any atom is -0.493 e. The lowest BCUT2D eigenvalue weighted by molar-refractivity contribution is -0.159. The van der Waals surface area contributed by atoms with Crippen molar-refractivity contribution in [2.45, 2.75) is 32.1 Å². The van der Waals surface area contributed by atoms with Crippen molar-refractivity contribution in [1.29, 1.82) is 5.26 Å². The maximum Gasteiger partial charge on any atom is 0.414 e. The summed E-state index contributed by atoms with van der Waals surface area (Å²) in [7, 11) is 5.44. The van der Waals surface area contributed by atoms with E-state index in [2.05, 4.69) is 43.1 Å². The number of carboxylic acid groups (broad SMARTS) is 2. The van der Waals surface area contributed by atoms with Crippen LogP contribution in [0.15, 0.2) is 42.5 Å². The molecule has 1 atom stereocenters. The molecule has 1 unspecified atom stereocenters. The highest BCUT2D eigenvalue weighted by atomic mass is 16.5. The molecule has 0 heterocycles. The van der Waals surface area contributed by atoms with Gasteiger partial charge in [-0.2, -0.15) is 5.26 Å². The Balaban J connectivity index is 0.000000801. The van der Waals surface area contributed by atoms with E-state index in [0.717, 1.165) is 49.4 Å². The van der Waals surface area contributed by atoms with Crippen LogP contribution in [-0.4, -0.2) is 61.4 Å². The Bertz CT molecular complexity index is 942. The van der Waals surface area contributed by atoms with Crippen molar-refractivity contribution in [3.05, 3.63) is 59.2 Å². The number of aliphatic carboxylic acids is 2. The molecule has 178 valence electrons. The van der Waals surface area contributed by atoms with E-state index in [-0.39, 0.29) is 5.92 Å². The van der Waals surface area contributed by atoms with Gasteiger partial charge in [-0.25, -0.2) is 9.59 Å². The highest BCUT2D eigenvalue weighted by Gasteiger charge is 2.13. The molecule has 2 aromatic carbocycles. The number of carboxylic acids is 2. The molecule has 0 aromatic heterocycles. The standard InChI is InChI=1S/C23H30N2O2.C2H2O4/c1-18-8-5-6-10-21(18)20(17-24)9-7-14-25(2)15-13-19-11-12-22(26-3)23(16-19)27-4;3-1(4)2(5)6/h5-6,8,10-12,16,20H,7,9,13-15H2,1-4H3;(H,3,4)(H,5,6). The number of ether oxygens (including phenoxy) is 2. The molecule has 2 aromatic rings. The van der Waals surface area contributed by atoms with Gasteiger partial charge < -0.3 is 24.6 Å². The SMILES string of the molecule is COc1ccc(CCN(C)CCCC(C#N)c2ccccc2C)cc1OC.O=C(O)C(=O)O. The third-order valence-electron chi connectivity index (χ3n) is 5.17. The van der Waals surface area contributed by atoms with Crippen LogP contribution in [0, 0.1) is 18.3 Å². The lowest BCUT2D eigenvalue weighted by atomic mass is 9.92. The zero-order valence-electron chi connectivity index (χ0n) is 19.6. The molecule has 0 aliphatic heterocycles. The lowest BCUT2D eigenvalue weighted by Gasteiger charge is -2.18. The number of likely N-dealkylation sites (N-methyl/N-ethyl adjacent to an activating group) is 1. The maximum atomic E-state index is 9.53. The van der Waals surface area contributed by atoms with Crippen LogP contribution >= 0.6 is 0 Å². The monoisotopic (exact) mass is 456 g/mol. The summed E-state index contributed by atoms with van der Waals surface area (Å²) in [5, 5.41) is 24.3. The lowest BCUT2D eigenvalue weighted by Crippen LogP contribution is -2.22. The summed E-state index contributed by atoms with van der Waals surface area (Å²) in [5.74, 6) is -2.14. The Kier molecular flexibility index (Phi) is 12.1. The fourth-order valence-corrected chi connectivity index (χ4v) is 3.30. The molecule has 0 aliphatic carbocycles. The molecular weight excluding hydrogens is 424 g/mol. The van der Waals surface area contributed by atoms with Crippen LogP contribution in [0.2, 0.25) is 0 Å². The molecule has 8 nitrogen and oxygen atoms in total. The second kappa shape index (κ2) is 14.5. The fourth-order valence-electron chi connectivity index (χ4n) is 3.30. The number of aryl methyl sites for hydroxylation is 1. The molecule has 0 aliphatic rings. The van der Waals surface area contributed by atoms with Crippen molar-refractivity contribution in [3.8, 4) is 17.6 Å². The first-order chi connectivity index (χ1) is 15.7. The van der Waals surface area contributed by atoms with Crippen LogP contribution in [0.3, 0.4) is 0 Å². The maximum absolute atomic E-state index is 9.53. The van der Waals surface area contributed by atoms with Crippen LogP contribution in [-0.2, 0) is 16.0 Å². The molecule has 0 saturated carbocycles. The number of hydrogen-bond donors (Lipinski definition) is 2. The zero-order chi connectivity index (χ0) is 24.8. The summed E-state index contributed by atoms with van der Waals surface area (Å²) in [6.07, 6.45) is 2.85. The molecule has 8 heteroatoms. The summed E-state index contributed by atoms with van der Waals surface area (Å²) in [4.78, 5) is 20.5. The number of nitriles is 1. The van der Waals surface area contributed by atoms with Crippen molar-refractivity contribution in [2.24, 2.45) is 0 Å². The number of hydrogen-bond acceptors (Lipinski definition) is 6. The van der Waals surface area contributed by atoms with Gasteiger partial charge in [-0.05, 0) is 68.6 Å². The number of benzene rings is 2. The third-order valence-corrected chi connectivity index (χ3v) is 5.17. The fraction of sp³-hybridized carbons (Fsp3) is 0.400. The Labute approximate surface area is 195 Å². The molecule has 2 rings (SSSR count). The van der Waals surface area contributed by atoms with Gasteiger partial charge in [0, 0.05) is 6.54 Å². The van der Waals surface area contributed by atoms with Gasteiger partial charge in [-0.15, -0.1) is 0 Å². The molecule has 0 saturated heterocycles. The van der Waals surface area contributed by atoms with Gasteiger partial charge in [0.15, 0.2) is 11.5 Å². The normalized spacial score (nSPS) is 11.0. The van der Waals surface area contributed by atoms with E-state index in [9.17, 15) is 5.26 Å². The minimum atomic E-state index is -1.82. The van der Waals surface area contributed by atoms with Crippen LogP contribution in [0.1, 0.15) is 35.4 Å². The van der Waals surface area contributed by atoms with Crippen molar-refractivity contribution >= 4 is 11.9 Å². The van der Waals surface area contributed by atoms with Crippen molar-refractivity contribution in [3.63, 3.8) is 0 Å². The van der Waals surface area contributed by atoms with Gasteiger partial charge in [-0.1, -0.05) is 30.3 Å². The predicted octanol–water partition coefficient (Wildman–Crippen LogP) is 3.73. The van der Waals surface area contributed by atoms with Gasteiger partial charge in [0.1, 0.15) is 0 Å². The third kappa shape index (κ3) is 9.62. The number of methoxy groups -OCH3 is 2. The average Bonchev–Trinajstić information content (AvgIpc) is 2.81. The van der Waals surface area contributed by atoms with Gasteiger partial charge in [0.25, 0.3) is 0 Å². The summed E-state index contributed by atoms with van der Waals surface area (Å²) in [6, 6.07) is 16.7. The molecule has 33 heavy (non-hydrogen) atoms. The van der Waals surface area contributed by atoms with Crippen molar-refractivity contribution in [1.82, 2.24) is 4.90 Å². The Morgan fingerprint density at radius 1 is 1.03 bits per heavy atom. The number of rotatable bonds is 10. The molecule has 0 amide bonds. The Hall–Kier alpha value is -3.57. The van der Waals surface area contributed by atoms with E-state index in [4.69, 9.17) is 29.3 Å². The number of nitrogens with zero attached hydrogens (tertiary/aromatic N) is 2. The zero-order valence-corrected chi connectivity index (χ0v) is 19.6. The van der Waals surface area contributed by atoms with E-state index in [1.807, 2.05) is 24.3 Å². The molecule has 2 N–H and O–H groups in total. The van der Waals surface area contributed by atoms with E-state index >= 15 is 0 Å². The summed E-state index contributed by atoms with van der Waals surface area (Å²) >= 11 is 0. The summed E-state index contributed by atoms with van der Waals surface area (Å²) < 4.78 is 10.7. The predicted molar refractivity (Wildman–Crippen MR) is 125 cm³/mol. The summed E-state index contributed by atoms with van der Waals surface area (Å²) in [5.41, 5.74) is 3.59. The first kappa shape index (κ1) is 27.5. The van der Waals surface area contributed by atoms with Crippen LogP contribution in [0.25, 0.3) is 0 Å². The van der Waals surface area contributed by atoms with Gasteiger partial charge in [-0.3, -0.25) is 0 Å². The van der Waals surface area contributed by atoms with E-state index in [1.54, 1.807) is 14.2 Å². The first-order valence-corrected chi connectivity index (χ1v) is 10.5. The average molecular weight is 457 g/mol. The van der Waals surface area contributed by atoms with E-state index < -0.39 is 11.9 Å². The number of carbonyl (C=O) groups is 2. The van der Waals surface area contributed by atoms with E-state index in [0.29, 0.717) is 0 Å². The van der Waals surface area contributed by atoms with Gasteiger partial charge in [0.05, 0.1) is 26.2 Å². The largest absolute Gasteiger partial charge is 0.493 e. The molecule has 0 radical (unpaired) electrons. The van der Waals surface area contributed by atoms with Crippen LogP contribution in [0.4, 0.5) is 0 Å². The van der Waals surface area contributed by atoms with Crippen LogP contribution < -0.4 is 9.47 Å². The van der Waals surface area contributed by atoms with Crippen molar-refractivity contribution < 1.29 is 29.3 Å². The second-order valence-electron chi connectivity index (χ2n) is 7.53. The van der Waals surface area contributed by atoms with Gasteiger partial charge >= 0.3 is 11.9 Å². The minimum absolute atomic E-state index is 0.0227. The van der Waals surface area contributed by atoms with E-state index in [1.165, 1.54) is 11.1 Å². The highest BCUT2D eigenvalue weighted by Crippen LogP contribution is 2.28. The quantitative estimate of drug-likeness (QED) is 0.519. The topological polar surface area (TPSA) is 120 Å². The highest BCUT2D eigenvalue weighted by molar-refractivity contribution is 6.27. The Morgan fingerprint density at radius 3 is 2.21 bits per heavy atom. The Morgan fingerprint density at radius 2 is 1.67 bits per heavy atom. The summed E-state index contributed by atoms with van der Waals surface area (Å²) in [6.45, 7) is 4.03. The smallest absolute Gasteiger partial charge is 0.414 e. The van der Waals surface area contributed by atoms with Crippen LogP contribution in [0.5, 0.6) is 11.5 Å². The van der Waals surface area contributed by atoms with Crippen molar-refractivity contribution in [2.75, 3.05) is 34.4 Å².